The fraction of sp³-hybridized carbons (Fsp3) is 0.412. The van der Waals surface area contributed by atoms with Gasteiger partial charge in [0.15, 0.2) is 5.78 Å². The van der Waals surface area contributed by atoms with E-state index in [0.29, 0.717) is 35.7 Å². The number of carboxylic acid groups (broad SMARTS) is 1. The third kappa shape index (κ3) is 2.21. The molecule has 0 saturated carbocycles. The first-order valence-electron chi connectivity index (χ1n) is 7.58. The number of aromatic nitrogens is 1. The van der Waals surface area contributed by atoms with Gasteiger partial charge in [-0.1, -0.05) is 25.5 Å². The predicted molar refractivity (Wildman–Crippen MR) is 80.5 cm³/mol. The van der Waals surface area contributed by atoms with E-state index in [1.165, 1.54) is 6.07 Å². The highest BCUT2D eigenvalue weighted by molar-refractivity contribution is 5.94. The Morgan fingerprint density at radius 2 is 2.18 bits per heavy atom. The van der Waals surface area contributed by atoms with Crippen molar-refractivity contribution in [2.24, 2.45) is 0 Å². The van der Waals surface area contributed by atoms with Gasteiger partial charge in [0.2, 0.25) is 0 Å². The van der Waals surface area contributed by atoms with E-state index in [0.717, 1.165) is 12.1 Å². The van der Waals surface area contributed by atoms with Crippen LogP contribution in [0.1, 0.15) is 43.4 Å². The fourth-order valence-electron chi connectivity index (χ4n) is 3.47. The maximum absolute atomic E-state index is 14.3. The van der Waals surface area contributed by atoms with Gasteiger partial charge in [-0.05, 0) is 24.5 Å². The lowest BCUT2D eigenvalue weighted by atomic mass is 9.90. The summed E-state index contributed by atoms with van der Waals surface area (Å²) in [6.07, 6.45) is 2.11. The Morgan fingerprint density at radius 1 is 1.41 bits per heavy atom. The third-order valence-corrected chi connectivity index (χ3v) is 4.38. The number of ketones is 1. The van der Waals surface area contributed by atoms with Crippen LogP contribution < -0.4 is 0 Å². The number of Topliss-reactive ketones (excluding diaryl/α,β-unsaturated/α-hetero) is 1. The van der Waals surface area contributed by atoms with Crippen LogP contribution in [-0.4, -0.2) is 21.4 Å². The van der Waals surface area contributed by atoms with Gasteiger partial charge < -0.3 is 9.67 Å². The molecule has 0 fully saturated rings. The summed E-state index contributed by atoms with van der Waals surface area (Å²) in [6.45, 7) is 2.07. The lowest BCUT2D eigenvalue weighted by molar-refractivity contribution is -0.139. The first-order chi connectivity index (χ1) is 10.5. The van der Waals surface area contributed by atoms with Crippen LogP contribution in [0.25, 0.3) is 10.9 Å². The Morgan fingerprint density at radius 3 is 2.86 bits per heavy atom. The summed E-state index contributed by atoms with van der Waals surface area (Å²) in [7, 11) is 0. The van der Waals surface area contributed by atoms with Crippen molar-refractivity contribution in [3.8, 4) is 0 Å². The number of hydrogen-bond donors (Lipinski definition) is 1. The molecule has 4 nitrogen and oxygen atoms in total. The molecule has 1 unspecified atom stereocenters. The number of para-hydroxylation sites is 1. The van der Waals surface area contributed by atoms with Crippen LogP contribution in [0.2, 0.25) is 0 Å². The number of fused-ring (bicyclic) bond motifs is 3. The van der Waals surface area contributed by atoms with E-state index in [1.54, 1.807) is 16.7 Å². The minimum Gasteiger partial charge on any atom is -0.481 e. The first-order valence-corrected chi connectivity index (χ1v) is 7.58. The van der Waals surface area contributed by atoms with E-state index < -0.39 is 17.7 Å². The largest absolute Gasteiger partial charge is 0.481 e. The predicted octanol–water partition coefficient (Wildman–Crippen LogP) is 3.26. The van der Waals surface area contributed by atoms with Crippen LogP contribution in [0.4, 0.5) is 4.39 Å². The zero-order chi connectivity index (χ0) is 15.9. The average molecular weight is 303 g/mol. The maximum Gasteiger partial charge on any atom is 0.311 e. The van der Waals surface area contributed by atoms with Crippen LogP contribution >= 0.6 is 0 Å². The van der Waals surface area contributed by atoms with E-state index in [-0.39, 0.29) is 12.3 Å². The normalized spacial score (nSPS) is 15.8. The van der Waals surface area contributed by atoms with Gasteiger partial charge in [-0.3, -0.25) is 9.59 Å². The molecule has 1 aromatic heterocycles. The van der Waals surface area contributed by atoms with Crippen LogP contribution in [0.3, 0.4) is 0 Å². The molecule has 0 amide bonds. The highest BCUT2D eigenvalue weighted by Crippen LogP contribution is 2.38. The molecule has 1 aliphatic heterocycles. The van der Waals surface area contributed by atoms with Crippen LogP contribution in [0, 0.1) is 5.82 Å². The second-order valence-corrected chi connectivity index (χ2v) is 5.80. The molecule has 1 N–H and O–H groups in total. The lowest BCUT2D eigenvalue weighted by Gasteiger charge is -2.19. The van der Waals surface area contributed by atoms with Crippen molar-refractivity contribution < 1.29 is 19.1 Å². The Balaban J connectivity index is 2.32. The third-order valence-electron chi connectivity index (χ3n) is 4.38. The fourth-order valence-corrected chi connectivity index (χ4v) is 3.47. The number of halogens is 1. The maximum atomic E-state index is 14.3. The molecule has 116 valence electrons. The zero-order valence-electron chi connectivity index (χ0n) is 12.4. The SMILES string of the molecule is CCCC(C(=O)O)c1c2n(c3c(F)cccc13)CC(=O)CC2. The Kier molecular flexibility index (Phi) is 3.72. The van der Waals surface area contributed by atoms with Gasteiger partial charge in [0.25, 0.3) is 0 Å². The molecule has 22 heavy (non-hydrogen) atoms. The monoisotopic (exact) mass is 303 g/mol. The molecule has 1 aliphatic rings. The molecule has 2 aromatic rings. The van der Waals surface area contributed by atoms with Gasteiger partial charge >= 0.3 is 5.97 Å². The van der Waals surface area contributed by atoms with Crippen LogP contribution in [0.15, 0.2) is 18.2 Å². The second kappa shape index (κ2) is 5.55. The number of carboxylic acids is 1. The summed E-state index contributed by atoms with van der Waals surface area (Å²) >= 11 is 0. The molecule has 5 heteroatoms. The van der Waals surface area contributed by atoms with Crippen molar-refractivity contribution in [3.05, 3.63) is 35.3 Å². The summed E-state index contributed by atoms with van der Waals surface area (Å²) in [5.41, 5.74) is 1.86. The smallest absolute Gasteiger partial charge is 0.311 e. The highest BCUT2D eigenvalue weighted by Gasteiger charge is 2.31. The molecule has 0 radical (unpaired) electrons. The van der Waals surface area contributed by atoms with Gasteiger partial charge in [-0.2, -0.15) is 0 Å². The van der Waals surface area contributed by atoms with Gasteiger partial charge in [0.1, 0.15) is 5.82 Å². The molecular weight excluding hydrogens is 285 g/mol. The van der Waals surface area contributed by atoms with Crippen molar-refractivity contribution in [3.63, 3.8) is 0 Å². The van der Waals surface area contributed by atoms with E-state index in [1.807, 2.05) is 6.92 Å². The van der Waals surface area contributed by atoms with Crippen molar-refractivity contribution in [2.45, 2.75) is 45.1 Å². The van der Waals surface area contributed by atoms with Gasteiger partial charge in [0, 0.05) is 17.5 Å². The molecule has 0 aliphatic carbocycles. The van der Waals surface area contributed by atoms with Crippen LogP contribution in [0.5, 0.6) is 0 Å². The Labute approximate surface area is 127 Å². The number of aliphatic carboxylic acids is 1. The number of carbonyl (C=O) groups is 2. The molecule has 1 aromatic carbocycles. The molecular formula is C17H18FNO3. The minimum absolute atomic E-state index is 0.0570. The molecule has 0 saturated heterocycles. The van der Waals surface area contributed by atoms with E-state index in [2.05, 4.69) is 0 Å². The molecule has 3 rings (SSSR count). The lowest BCUT2D eigenvalue weighted by Crippen LogP contribution is -2.22. The Hall–Kier alpha value is -2.17. The van der Waals surface area contributed by atoms with E-state index in [4.69, 9.17) is 0 Å². The second-order valence-electron chi connectivity index (χ2n) is 5.80. The van der Waals surface area contributed by atoms with Crippen molar-refractivity contribution in [1.29, 1.82) is 0 Å². The summed E-state index contributed by atoms with van der Waals surface area (Å²) < 4.78 is 16.0. The molecule has 0 spiro atoms. The van der Waals surface area contributed by atoms with Crippen molar-refractivity contribution >= 4 is 22.7 Å². The van der Waals surface area contributed by atoms with Gasteiger partial charge in [0.05, 0.1) is 18.0 Å². The number of benzene rings is 1. The van der Waals surface area contributed by atoms with E-state index >= 15 is 0 Å². The van der Waals surface area contributed by atoms with Crippen LogP contribution in [-0.2, 0) is 22.6 Å². The summed E-state index contributed by atoms with van der Waals surface area (Å²) in [5.74, 6) is -1.89. The highest BCUT2D eigenvalue weighted by atomic mass is 19.1. The number of nitrogens with zero attached hydrogens (tertiary/aromatic N) is 1. The Bertz CT molecular complexity index is 763. The zero-order valence-corrected chi connectivity index (χ0v) is 12.4. The molecule has 2 heterocycles. The number of carbonyl (C=O) groups excluding carboxylic acids is 1. The minimum atomic E-state index is -0.890. The molecule has 0 bridgehead atoms. The van der Waals surface area contributed by atoms with Gasteiger partial charge in [-0.25, -0.2) is 4.39 Å². The van der Waals surface area contributed by atoms with Gasteiger partial charge in [-0.15, -0.1) is 0 Å². The topological polar surface area (TPSA) is 59.3 Å². The summed E-state index contributed by atoms with van der Waals surface area (Å²) in [4.78, 5) is 23.5. The standard InChI is InChI=1S/C17H18FNO3/c1-2-4-12(17(21)22)15-11-5-3-6-13(18)16(11)19-9-10(20)7-8-14(15)19/h3,5-6,12H,2,4,7-9H2,1H3,(H,21,22). The summed E-state index contributed by atoms with van der Waals surface area (Å²) in [5, 5.41) is 10.2. The van der Waals surface area contributed by atoms with E-state index in [9.17, 15) is 19.1 Å². The summed E-state index contributed by atoms with van der Waals surface area (Å²) in [6, 6.07) is 4.71. The first kappa shape index (κ1) is 14.8. The van der Waals surface area contributed by atoms with Crippen molar-refractivity contribution in [2.75, 3.05) is 0 Å². The number of hydrogen-bond acceptors (Lipinski definition) is 2. The average Bonchev–Trinajstić information content (AvgIpc) is 2.79. The molecule has 1 atom stereocenters. The number of rotatable bonds is 4. The van der Waals surface area contributed by atoms with Crippen molar-refractivity contribution in [1.82, 2.24) is 4.57 Å². The quantitative estimate of drug-likeness (QED) is 0.943.